The quantitative estimate of drug-likeness (QED) is 0.718. The van der Waals surface area contributed by atoms with E-state index in [-0.39, 0.29) is 5.91 Å². The minimum Gasteiger partial charge on any atom is -0.493 e. The standard InChI is InChI=1S/C21H27N3O4/c1-26-18-9-8-15(19(27-2)20(18)28-3)21(25)22-10-11-24-17(14-6-7-14)12-16(23-24)13-4-5-13/h8-9,12-14H,4-7,10-11H2,1-3H3,(H,22,25). The second-order valence-corrected chi connectivity index (χ2v) is 7.40. The van der Waals surface area contributed by atoms with E-state index in [9.17, 15) is 4.79 Å². The highest BCUT2D eigenvalue weighted by molar-refractivity contribution is 5.98. The fraction of sp³-hybridized carbons (Fsp3) is 0.524. The molecule has 2 saturated carbocycles. The molecule has 1 aromatic heterocycles. The Morgan fingerprint density at radius 2 is 1.79 bits per heavy atom. The average molecular weight is 385 g/mol. The Hall–Kier alpha value is -2.70. The van der Waals surface area contributed by atoms with E-state index in [2.05, 4.69) is 16.1 Å². The minimum atomic E-state index is -0.208. The Balaban J connectivity index is 1.44. The van der Waals surface area contributed by atoms with Gasteiger partial charge >= 0.3 is 0 Å². The van der Waals surface area contributed by atoms with Gasteiger partial charge in [0.25, 0.3) is 5.91 Å². The summed E-state index contributed by atoms with van der Waals surface area (Å²) < 4.78 is 18.1. The molecule has 1 N–H and O–H groups in total. The van der Waals surface area contributed by atoms with Gasteiger partial charge in [0, 0.05) is 24.1 Å². The summed E-state index contributed by atoms with van der Waals surface area (Å²) in [7, 11) is 4.59. The molecular formula is C21H27N3O4. The Bertz CT molecular complexity index is 869. The predicted octanol–water partition coefficient (Wildman–Crippen LogP) is 3.09. The lowest BCUT2D eigenvalue weighted by Gasteiger charge is -2.15. The zero-order chi connectivity index (χ0) is 19.7. The molecule has 0 radical (unpaired) electrons. The molecule has 0 atom stereocenters. The van der Waals surface area contributed by atoms with Crippen molar-refractivity contribution in [2.24, 2.45) is 0 Å². The maximum atomic E-state index is 12.7. The van der Waals surface area contributed by atoms with Gasteiger partial charge in [-0.15, -0.1) is 0 Å². The molecule has 0 bridgehead atoms. The maximum Gasteiger partial charge on any atom is 0.255 e. The number of amides is 1. The third-order valence-electron chi connectivity index (χ3n) is 5.38. The van der Waals surface area contributed by atoms with Crippen molar-refractivity contribution in [2.75, 3.05) is 27.9 Å². The van der Waals surface area contributed by atoms with Crippen LogP contribution in [0.2, 0.25) is 0 Å². The summed E-state index contributed by atoms with van der Waals surface area (Å²) in [5, 5.41) is 7.77. The fourth-order valence-electron chi connectivity index (χ4n) is 3.57. The minimum absolute atomic E-state index is 0.208. The van der Waals surface area contributed by atoms with Crippen molar-refractivity contribution in [1.82, 2.24) is 15.1 Å². The van der Waals surface area contributed by atoms with Gasteiger partial charge in [0.2, 0.25) is 5.75 Å². The van der Waals surface area contributed by atoms with Crippen LogP contribution in [0, 0.1) is 0 Å². The molecule has 150 valence electrons. The number of rotatable bonds is 9. The van der Waals surface area contributed by atoms with E-state index >= 15 is 0 Å². The monoisotopic (exact) mass is 385 g/mol. The molecule has 28 heavy (non-hydrogen) atoms. The zero-order valence-electron chi connectivity index (χ0n) is 16.7. The second kappa shape index (κ2) is 7.73. The lowest BCUT2D eigenvalue weighted by molar-refractivity contribution is 0.0948. The normalized spacial score (nSPS) is 16.0. The summed E-state index contributed by atoms with van der Waals surface area (Å²) in [4.78, 5) is 12.7. The molecule has 0 spiro atoms. The first-order valence-electron chi connectivity index (χ1n) is 9.81. The number of aromatic nitrogens is 2. The molecule has 1 amide bonds. The van der Waals surface area contributed by atoms with Crippen LogP contribution in [0.25, 0.3) is 0 Å². The van der Waals surface area contributed by atoms with Crippen molar-refractivity contribution >= 4 is 5.91 Å². The van der Waals surface area contributed by atoms with Crippen molar-refractivity contribution in [2.45, 2.75) is 44.1 Å². The average Bonchev–Trinajstić information content (AvgIpc) is 3.65. The highest BCUT2D eigenvalue weighted by Crippen LogP contribution is 2.44. The smallest absolute Gasteiger partial charge is 0.255 e. The number of hydrogen-bond acceptors (Lipinski definition) is 5. The molecule has 2 fully saturated rings. The first-order valence-corrected chi connectivity index (χ1v) is 9.81. The maximum absolute atomic E-state index is 12.7. The van der Waals surface area contributed by atoms with E-state index in [1.54, 1.807) is 19.2 Å². The summed E-state index contributed by atoms with van der Waals surface area (Å²) in [6.45, 7) is 1.17. The molecule has 0 unspecified atom stereocenters. The van der Waals surface area contributed by atoms with E-state index < -0.39 is 0 Å². The molecule has 4 rings (SSSR count). The van der Waals surface area contributed by atoms with Gasteiger partial charge in [-0.05, 0) is 43.9 Å². The van der Waals surface area contributed by atoms with Gasteiger partial charge in [-0.3, -0.25) is 9.48 Å². The highest BCUT2D eigenvalue weighted by atomic mass is 16.5. The van der Waals surface area contributed by atoms with Crippen LogP contribution in [-0.2, 0) is 6.54 Å². The molecule has 2 aliphatic rings. The lowest BCUT2D eigenvalue weighted by Crippen LogP contribution is -2.28. The number of hydrogen-bond donors (Lipinski definition) is 1. The fourth-order valence-corrected chi connectivity index (χ4v) is 3.57. The summed E-state index contributed by atoms with van der Waals surface area (Å²) in [5.41, 5.74) is 2.95. The zero-order valence-corrected chi connectivity index (χ0v) is 16.7. The van der Waals surface area contributed by atoms with E-state index in [0.29, 0.717) is 47.7 Å². The number of carbonyl (C=O) groups is 1. The molecule has 7 heteroatoms. The number of nitrogens with zero attached hydrogens (tertiary/aromatic N) is 2. The third-order valence-corrected chi connectivity index (χ3v) is 5.38. The molecule has 7 nitrogen and oxygen atoms in total. The molecule has 2 aliphatic carbocycles. The first-order chi connectivity index (χ1) is 13.7. The summed E-state index contributed by atoms with van der Waals surface area (Å²) in [6.07, 6.45) is 4.98. The van der Waals surface area contributed by atoms with Crippen LogP contribution in [0.3, 0.4) is 0 Å². The van der Waals surface area contributed by atoms with Crippen molar-refractivity contribution < 1.29 is 19.0 Å². The summed E-state index contributed by atoms with van der Waals surface area (Å²) >= 11 is 0. The van der Waals surface area contributed by atoms with Crippen LogP contribution in [0.1, 0.15) is 59.3 Å². The van der Waals surface area contributed by atoms with Crippen LogP contribution in [0.15, 0.2) is 18.2 Å². The Kier molecular flexibility index (Phi) is 5.15. The topological polar surface area (TPSA) is 74.6 Å². The second-order valence-electron chi connectivity index (χ2n) is 7.40. The van der Waals surface area contributed by atoms with Crippen LogP contribution in [0.5, 0.6) is 17.2 Å². The Labute approximate surface area is 165 Å². The van der Waals surface area contributed by atoms with Crippen molar-refractivity contribution in [3.63, 3.8) is 0 Å². The number of nitrogens with one attached hydrogen (secondary N) is 1. The highest BCUT2D eigenvalue weighted by Gasteiger charge is 2.32. The van der Waals surface area contributed by atoms with E-state index in [1.807, 2.05) is 0 Å². The van der Waals surface area contributed by atoms with Crippen LogP contribution in [0.4, 0.5) is 0 Å². The van der Waals surface area contributed by atoms with Gasteiger partial charge in [0.1, 0.15) is 0 Å². The van der Waals surface area contributed by atoms with Gasteiger partial charge in [-0.2, -0.15) is 5.10 Å². The van der Waals surface area contributed by atoms with Crippen molar-refractivity contribution in [1.29, 1.82) is 0 Å². The molecule has 2 aromatic rings. The number of ether oxygens (including phenoxy) is 3. The lowest BCUT2D eigenvalue weighted by atomic mass is 10.1. The molecule has 0 saturated heterocycles. The Morgan fingerprint density at radius 3 is 2.39 bits per heavy atom. The van der Waals surface area contributed by atoms with Gasteiger partial charge in [0.15, 0.2) is 11.5 Å². The van der Waals surface area contributed by atoms with E-state index in [0.717, 1.165) is 0 Å². The number of methoxy groups -OCH3 is 3. The van der Waals surface area contributed by atoms with Crippen LogP contribution in [-0.4, -0.2) is 43.6 Å². The molecular weight excluding hydrogens is 358 g/mol. The van der Waals surface area contributed by atoms with Gasteiger partial charge in [0.05, 0.1) is 39.1 Å². The SMILES string of the molecule is COc1ccc(C(=O)NCCn2nc(C3CC3)cc2C2CC2)c(OC)c1OC. The van der Waals surface area contributed by atoms with E-state index in [4.69, 9.17) is 19.3 Å². The molecule has 0 aliphatic heterocycles. The van der Waals surface area contributed by atoms with Crippen molar-refractivity contribution in [3.8, 4) is 17.2 Å². The van der Waals surface area contributed by atoms with Gasteiger partial charge in [-0.1, -0.05) is 0 Å². The molecule has 1 heterocycles. The Morgan fingerprint density at radius 1 is 1.07 bits per heavy atom. The first kappa shape index (κ1) is 18.7. The largest absolute Gasteiger partial charge is 0.493 e. The summed E-state index contributed by atoms with van der Waals surface area (Å²) in [6, 6.07) is 5.66. The van der Waals surface area contributed by atoms with E-state index in [1.165, 1.54) is 51.3 Å². The number of carbonyl (C=O) groups excluding carboxylic acids is 1. The predicted molar refractivity (Wildman–Crippen MR) is 105 cm³/mol. The van der Waals surface area contributed by atoms with Crippen molar-refractivity contribution in [3.05, 3.63) is 35.2 Å². The summed E-state index contributed by atoms with van der Waals surface area (Å²) in [5.74, 6) is 2.38. The van der Waals surface area contributed by atoms with Gasteiger partial charge in [-0.25, -0.2) is 0 Å². The third kappa shape index (κ3) is 3.66. The van der Waals surface area contributed by atoms with Gasteiger partial charge < -0.3 is 19.5 Å². The molecule has 1 aromatic carbocycles. The van der Waals surface area contributed by atoms with Crippen LogP contribution < -0.4 is 19.5 Å². The van der Waals surface area contributed by atoms with Crippen LogP contribution >= 0.6 is 0 Å². The number of benzene rings is 1.